The maximum absolute atomic E-state index is 12.9. The van der Waals surface area contributed by atoms with Crippen molar-refractivity contribution < 1.29 is 4.79 Å². The SMILES string of the molecule is CCCN1CN(c2ccccc2)C2(CCNCC2)C1=O. The van der Waals surface area contributed by atoms with Gasteiger partial charge in [0.15, 0.2) is 0 Å². The van der Waals surface area contributed by atoms with E-state index in [0.717, 1.165) is 45.6 Å². The fraction of sp³-hybridized carbons (Fsp3) is 0.562. The number of anilines is 1. The Morgan fingerprint density at radius 3 is 2.55 bits per heavy atom. The molecule has 4 heteroatoms. The topological polar surface area (TPSA) is 35.6 Å². The van der Waals surface area contributed by atoms with Gasteiger partial charge in [-0.2, -0.15) is 0 Å². The first-order valence-corrected chi connectivity index (χ1v) is 7.61. The largest absolute Gasteiger partial charge is 0.339 e. The molecule has 2 aliphatic heterocycles. The number of nitrogens with one attached hydrogen (secondary N) is 1. The second kappa shape index (κ2) is 5.44. The van der Waals surface area contributed by atoms with Gasteiger partial charge < -0.3 is 15.1 Å². The Balaban J connectivity index is 1.95. The summed E-state index contributed by atoms with van der Waals surface area (Å²) in [6.45, 7) is 5.58. The lowest BCUT2D eigenvalue weighted by atomic mass is 9.86. The standard InChI is InChI=1S/C16H23N3O/c1-2-12-18-13-19(14-6-4-3-5-7-14)16(15(18)20)8-10-17-11-9-16/h3-7,17H,2,8-13H2,1H3. The van der Waals surface area contributed by atoms with E-state index in [1.165, 1.54) is 5.69 Å². The normalized spacial score (nSPS) is 21.8. The van der Waals surface area contributed by atoms with Gasteiger partial charge in [-0.1, -0.05) is 25.1 Å². The van der Waals surface area contributed by atoms with Crippen molar-refractivity contribution in [3.63, 3.8) is 0 Å². The minimum absolute atomic E-state index is 0.318. The molecule has 0 atom stereocenters. The van der Waals surface area contributed by atoms with E-state index in [1.54, 1.807) is 0 Å². The average Bonchev–Trinajstić information content (AvgIpc) is 2.76. The third-order valence-electron chi connectivity index (χ3n) is 4.51. The van der Waals surface area contributed by atoms with E-state index in [4.69, 9.17) is 0 Å². The van der Waals surface area contributed by atoms with E-state index >= 15 is 0 Å². The molecule has 2 fully saturated rings. The molecular formula is C16H23N3O. The first-order valence-electron chi connectivity index (χ1n) is 7.61. The molecule has 0 bridgehead atoms. The van der Waals surface area contributed by atoms with Crippen LogP contribution >= 0.6 is 0 Å². The van der Waals surface area contributed by atoms with Crippen LogP contribution in [-0.4, -0.2) is 42.6 Å². The molecule has 1 aromatic rings. The van der Waals surface area contributed by atoms with Crippen LogP contribution in [0.1, 0.15) is 26.2 Å². The molecule has 0 aliphatic carbocycles. The second-order valence-corrected chi connectivity index (χ2v) is 5.76. The van der Waals surface area contributed by atoms with Gasteiger partial charge in [-0.3, -0.25) is 4.79 Å². The molecule has 0 aromatic heterocycles. The Labute approximate surface area is 120 Å². The predicted molar refractivity (Wildman–Crippen MR) is 80.6 cm³/mol. The third-order valence-corrected chi connectivity index (χ3v) is 4.51. The summed E-state index contributed by atoms with van der Waals surface area (Å²) in [7, 11) is 0. The van der Waals surface area contributed by atoms with Crippen molar-refractivity contribution in [2.24, 2.45) is 0 Å². The number of carbonyl (C=O) groups excluding carboxylic acids is 1. The van der Waals surface area contributed by atoms with Crippen LogP contribution in [0.25, 0.3) is 0 Å². The molecular weight excluding hydrogens is 250 g/mol. The molecule has 3 rings (SSSR count). The summed E-state index contributed by atoms with van der Waals surface area (Å²) in [5.74, 6) is 0.324. The van der Waals surface area contributed by atoms with Gasteiger partial charge in [-0.25, -0.2) is 0 Å². The van der Waals surface area contributed by atoms with Crippen LogP contribution in [0, 0.1) is 0 Å². The van der Waals surface area contributed by atoms with Crippen molar-refractivity contribution in [1.29, 1.82) is 0 Å². The van der Waals surface area contributed by atoms with Crippen LogP contribution in [0.2, 0.25) is 0 Å². The lowest BCUT2D eigenvalue weighted by Crippen LogP contribution is -2.55. The van der Waals surface area contributed by atoms with Crippen LogP contribution in [0.15, 0.2) is 30.3 Å². The molecule has 1 amide bonds. The fourth-order valence-corrected chi connectivity index (χ4v) is 3.48. The number of para-hydroxylation sites is 1. The first-order chi connectivity index (χ1) is 9.78. The summed E-state index contributed by atoms with van der Waals surface area (Å²) in [6.07, 6.45) is 2.82. The Bertz CT molecular complexity index is 468. The summed E-state index contributed by atoms with van der Waals surface area (Å²) in [6, 6.07) is 10.4. The van der Waals surface area contributed by atoms with Crippen LogP contribution in [0.4, 0.5) is 5.69 Å². The highest BCUT2D eigenvalue weighted by molar-refractivity contribution is 5.93. The molecule has 0 radical (unpaired) electrons. The molecule has 2 heterocycles. The summed E-state index contributed by atoms with van der Waals surface area (Å²) in [5, 5.41) is 3.38. The van der Waals surface area contributed by atoms with Gasteiger partial charge in [-0.05, 0) is 44.5 Å². The minimum Gasteiger partial charge on any atom is -0.339 e. The van der Waals surface area contributed by atoms with Gasteiger partial charge in [0.25, 0.3) is 0 Å². The second-order valence-electron chi connectivity index (χ2n) is 5.76. The van der Waals surface area contributed by atoms with Crippen LogP contribution in [-0.2, 0) is 4.79 Å². The number of piperidine rings is 1. The zero-order chi connectivity index (χ0) is 14.0. The highest BCUT2D eigenvalue weighted by Gasteiger charge is 2.52. The number of rotatable bonds is 3. The van der Waals surface area contributed by atoms with E-state index in [-0.39, 0.29) is 5.54 Å². The van der Waals surface area contributed by atoms with Crippen LogP contribution in [0.5, 0.6) is 0 Å². The zero-order valence-electron chi connectivity index (χ0n) is 12.1. The quantitative estimate of drug-likeness (QED) is 0.912. The lowest BCUT2D eigenvalue weighted by molar-refractivity contribution is -0.132. The number of nitrogens with zero attached hydrogens (tertiary/aromatic N) is 2. The highest BCUT2D eigenvalue weighted by atomic mass is 16.2. The molecule has 20 heavy (non-hydrogen) atoms. The molecule has 0 saturated carbocycles. The molecule has 108 valence electrons. The number of hydrogen-bond acceptors (Lipinski definition) is 3. The predicted octanol–water partition coefficient (Wildman–Crippen LogP) is 1.82. The summed E-state index contributed by atoms with van der Waals surface area (Å²) < 4.78 is 0. The van der Waals surface area contributed by atoms with E-state index in [2.05, 4.69) is 41.4 Å². The average molecular weight is 273 g/mol. The molecule has 4 nitrogen and oxygen atoms in total. The van der Waals surface area contributed by atoms with Gasteiger partial charge in [0.1, 0.15) is 5.54 Å². The Hall–Kier alpha value is -1.55. The van der Waals surface area contributed by atoms with Crippen LogP contribution < -0.4 is 10.2 Å². The number of benzene rings is 1. The lowest BCUT2D eigenvalue weighted by Gasteiger charge is -2.40. The maximum Gasteiger partial charge on any atom is 0.250 e. The molecule has 2 aliphatic rings. The van der Waals surface area contributed by atoms with Crippen molar-refractivity contribution in [1.82, 2.24) is 10.2 Å². The van der Waals surface area contributed by atoms with Crippen molar-refractivity contribution in [2.45, 2.75) is 31.7 Å². The van der Waals surface area contributed by atoms with Crippen molar-refractivity contribution in [3.05, 3.63) is 30.3 Å². The molecule has 1 aromatic carbocycles. The minimum atomic E-state index is -0.318. The smallest absolute Gasteiger partial charge is 0.250 e. The molecule has 0 unspecified atom stereocenters. The van der Waals surface area contributed by atoms with Crippen molar-refractivity contribution in [3.8, 4) is 0 Å². The number of amides is 1. The molecule has 1 N–H and O–H groups in total. The van der Waals surface area contributed by atoms with E-state index in [9.17, 15) is 4.79 Å². The molecule has 1 spiro atoms. The number of carbonyl (C=O) groups is 1. The molecule has 2 saturated heterocycles. The summed E-state index contributed by atoms with van der Waals surface area (Å²) >= 11 is 0. The Morgan fingerprint density at radius 2 is 1.90 bits per heavy atom. The zero-order valence-corrected chi connectivity index (χ0v) is 12.1. The Morgan fingerprint density at radius 1 is 1.20 bits per heavy atom. The first kappa shape index (κ1) is 13.4. The Kier molecular flexibility index (Phi) is 3.66. The van der Waals surface area contributed by atoms with Gasteiger partial charge in [0.2, 0.25) is 5.91 Å². The number of hydrogen-bond donors (Lipinski definition) is 1. The van der Waals surface area contributed by atoms with E-state index in [1.807, 2.05) is 11.0 Å². The van der Waals surface area contributed by atoms with Crippen molar-refractivity contribution >= 4 is 11.6 Å². The maximum atomic E-state index is 12.9. The third kappa shape index (κ3) is 2.08. The van der Waals surface area contributed by atoms with Crippen molar-refractivity contribution in [2.75, 3.05) is 31.2 Å². The van der Waals surface area contributed by atoms with E-state index < -0.39 is 0 Å². The highest BCUT2D eigenvalue weighted by Crippen LogP contribution is 2.37. The van der Waals surface area contributed by atoms with Gasteiger partial charge >= 0.3 is 0 Å². The van der Waals surface area contributed by atoms with Crippen LogP contribution in [0.3, 0.4) is 0 Å². The fourth-order valence-electron chi connectivity index (χ4n) is 3.48. The monoisotopic (exact) mass is 273 g/mol. The summed E-state index contributed by atoms with van der Waals surface area (Å²) in [4.78, 5) is 17.3. The van der Waals surface area contributed by atoms with Gasteiger partial charge in [0.05, 0.1) is 6.67 Å². The summed E-state index contributed by atoms with van der Waals surface area (Å²) in [5.41, 5.74) is 0.850. The van der Waals surface area contributed by atoms with Gasteiger partial charge in [-0.15, -0.1) is 0 Å². The van der Waals surface area contributed by atoms with Gasteiger partial charge in [0, 0.05) is 12.2 Å². The van der Waals surface area contributed by atoms with E-state index in [0.29, 0.717) is 5.91 Å².